The minimum Gasteiger partial charge on any atom is -0.490 e. The number of methoxy groups -OCH3 is 1. The molecule has 2 aromatic carbocycles. The molecule has 0 unspecified atom stereocenters. The third-order valence-electron chi connectivity index (χ3n) is 6.94. The number of ether oxygens (including phenoxy) is 3. The topological polar surface area (TPSA) is 97.8 Å². The Hall–Kier alpha value is -3.54. The Morgan fingerprint density at radius 3 is 2.67 bits per heavy atom. The highest BCUT2D eigenvalue weighted by Gasteiger charge is 2.44. The van der Waals surface area contributed by atoms with Gasteiger partial charge in [0.25, 0.3) is 0 Å². The maximum absolute atomic E-state index is 13.7. The molecule has 206 valence electrons. The van der Waals surface area contributed by atoms with Gasteiger partial charge in [0, 0.05) is 31.3 Å². The fourth-order valence-electron chi connectivity index (χ4n) is 5.29. The summed E-state index contributed by atoms with van der Waals surface area (Å²) in [5.74, 6) is -0.151. The van der Waals surface area contributed by atoms with Crippen molar-refractivity contribution in [1.82, 2.24) is 4.90 Å². The predicted molar refractivity (Wildman–Crippen MR) is 147 cm³/mol. The molecule has 0 spiro atoms. The van der Waals surface area contributed by atoms with Crippen LogP contribution in [0.5, 0.6) is 11.5 Å². The van der Waals surface area contributed by atoms with Gasteiger partial charge in [-0.2, -0.15) is 5.26 Å². The summed E-state index contributed by atoms with van der Waals surface area (Å²) in [6, 6.07) is 11.8. The van der Waals surface area contributed by atoms with Gasteiger partial charge in [0.05, 0.1) is 35.8 Å². The van der Waals surface area contributed by atoms with Crippen LogP contribution in [0, 0.1) is 22.6 Å². The Morgan fingerprint density at radius 1 is 1.23 bits per heavy atom. The Balaban J connectivity index is 1.82. The van der Waals surface area contributed by atoms with Crippen molar-refractivity contribution in [3.63, 3.8) is 0 Å². The number of hydrogen-bond donors (Lipinski definition) is 1. The van der Waals surface area contributed by atoms with E-state index in [4.69, 9.17) is 31.5 Å². The summed E-state index contributed by atoms with van der Waals surface area (Å²) in [4.78, 5) is 15.5. The molecule has 9 heteroatoms. The summed E-state index contributed by atoms with van der Waals surface area (Å²) in [6.45, 7) is 7.13. The van der Waals surface area contributed by atoms with Crippen LogP contribution in [0.2, 0.25) is 5.02 Å². The first kappa shape index (κ1) is 28.5. The van der Waals surface area contributed by atoms with E-state index in [0.717, 1.165) is 5.70 Å². The van der Waals surface area contributed by atoms with Gasteiger partial charge in [-0.1, -0.05) is 37.6 Å². The minimum absolute atomic E-state index is 0.0329. The molecule has 0 saturated carbocycles. The number of hydrogen-bond acceptors (Lipinski definition) is 7. The lowest BCUT2D eigenvalue weighted by Crippen LogP contribution is -2.43. The second-order valence-corrected chi connectivity index (χ2v) is 10.9. The van der Waals surface area contributed by atoms with Crippen molar-refractivity contribution in [2.24, 2.45) is 11.1 Å². The Kier molecular flexibility index (Phi) is 8.53. The molecule has 1 heterocycles. The lowest BCUT2D eigenvalue weighted by Gasteiger charge is -2.43. The van der Waals surface area contributed by atoms with E-state index in [-0.39, 0.29) is 34.2 Å². The van der Waals surface area contributed by atoms with Crippen LogP contribution >= 0.6 is 11.6 Å². The van der Waals surface area contributed by atoms with Gasteiger partial charge in [0.15, 0.2) is 17.3 Å². The number of benzene rings is 2. The fourth-order valence-corrected chi connectivity index (χ4v) is 5.56. The maximum Gasteiger partial charge on any atom is 0.180 e. The Labute approximate surface area is 233 Å². The van der Waals surface area contributed by atoms with Crippen molar-refractivity contribution < 1.29 is 23.4 Å². The molecule has 2 N–H and O–H groups in total. The molecule has 1 aliphatic carbocycles. The van der Waals surface area contributed by atoms with E-state index in [2.05, 4.69) is 6.07 Å². The van der Waals surface area contributed by atoms with Gasteiger partial charge in [-0.15, -0.1) is 0 Å². The lowest BCUT2D eigenvalue weighted by atomic mass is 9.68. The summed E-state index contributed by atoms with van der Waals surface area (Å²) in [5.41, 5.74) is 9.18. The van der Waals surface area contributed by atoms with Crippen LogP contribution in [0.3, 0.4) is 0 Å². The first-order valence-corrected chi connectivity index (χ1v) is 13.2. The lowest BCUT2D eigenvalue weighted by molar-refractivity contribution is -0.118. The van der Waals surface area contributed by atoms with E-state index in [1.54, 1.807) is 31.4 Å². The van der Waals surface area contributed by atoms with Crippen LogP contribution in [-0.4, -0.2) is 37.6 Å². The average Bonchev–Trinajstić information content (AvgIpc) is 2.86. The number of halogens is 2. The van der Waals surface area contributed by atoms with Crippen LogP contribution in [0.25, 0.3) is 0 Å². The van der Waals surface area contributed by atoms with Crippen molar-refractivity contribution in [2.45, 2.75) is 46.1 Å². The average molecular weight is 554 g/mol. The van der Waals surface area contributed by atoms with Crippen LogP contribution < -0.4 is 15.2 Å². The van der Waals surface area contributed by atoms with Gasteiger partial charge in [-0.25, -0.2) is 4.39 Å². The zero-order valence-corrected chi connectivity index (χ0v) is 23.4. The molecule has 0 amide bonds. The molecule has 7 nitrogen and oxygen atoms in total. The van der Waals surface area contributed by atoms with E-state index in [1.807, 2.05) is 25.7 Å². The molecule has 0 aromatic heterocycles. The number of rotatable bonds is 9. The third kappa shape index (κ3) is 5.90. The Morgan fingerprint density at radius 2 is 2.00 bits per heavy atom. The van der Waals surface area contributed by atoms with E-state index in [0.29, 0.717) is 66.6 Å². The van der Waals surface area contributed by atoms with Crippen molar-refractivity contribution in [2.75, 3.05) is 26.9 Å². The summed E-state index contributed by atoms with van der Waals surface area (Å²) in [5, 5.41) is 10.5. The molecular weight excluding hydrogens is 521 g/mol. The van der Waals surface area contributed by atoms with Gasteiger partial charge in [-0.05, 0) is 54.2 Å². The van der Waals surface area contributed by atoms with Crippen molar-refractivity contribution in [3.05, 3.63) is 81.0 Å². The molecule has 2 aliphatic rings. The molecule has 0 bridgehead atoms. The number of Topliss-reactive ketones (excluding diaryl/α,β-unsaturated/α-hetero) is 1. The first-order valence-electron chi connectivity index (χ1n) is 12.9. The van der Waals surface area contributed by atoms with Crippen LogP contribution in [-0.2, 0) is 16.1 Å². The minimum atomic E-state index is -0.707. The number of ketones is 1. The standard InChI is InChI=1S/C30H33ClFN3O4/c1-5-38-25-13-19(12-22(31)28(25)39-17-18-7-6-8-20(32)11-18)26-21(16-33)29(34)35(9-10-37-4)23-14-30(2,3)15-24(36)27(23)26/h6-8,11-13,26H,5,9-10,14-15,17,34H2,1-4H3/t26-/m0/s1. The van der Waals surface area contributed by atoms with Gasteiger partial charge in [0.2, 0.25) is 0 Å². The van der Waals surface area contributed by atoms with E-state index in [1.165, 1.54) is 12.1 Å². The maximum atomic E-state index is 13.7. The Bertz CT molecular complexity index is 1380. The number of nitrogens with two attached hydrogens (primary N) is 1. The number of nitriles is 1. The molecule has 0 saturated heterocycles. The smallest absolute Gasteiger partial charge is 0.180 e. The zero-order valence-electron chi connectivity index (χ0n) is 22.6. The second kappa shape index (κ2) is 11.7. The van der Waals surface area contributed by atoms with Crippen molar-refractivity contribution in [1.29, 1.82) is 5.26 Å². The quantitative estimate of drug-likeness (QED) is 0.416. The third-order valence-corrected chi connectivity index (χ3v) is 7.22. The summed E-state index contributed by atoms with van der Waals surface area (Å²) < 4.78 is 30.8. The zero-order chi connectivity index (χ0) is 28.3. The number of carbonyl (C=O) groups is 1. The molecule has 1 atom stereocenters. The number of allylic oxidation sites excluding steroid dienone is 3. The SMILES string of the molecule is CCOc1cc([C@H]2C(C#N)=C(N)N(CCOC)C3=C2C(=O)CC(C)(C)C3)cc(Cl)c1OCc1cccc(F)c1. The van der Waals surface area contributed by atoms with Crippen molar-refractivity contribution in [3.8, 4) is 17.6 Å². The summed E-state index contributed by atoms with van der Waals surface area (Å²) in [6.07, 6.45) is 0.967. The predicted octanol–water partition coefficient (Wildman–Crippen LogP) is 5.84. The van der Waals surface area contributed by atoms with E-state index >= 15 is 0 Å². The highest BCUT2D eigenvalue weighted by Crippen LogP contribution is 2.50. The molecule has 1 aliphatic heterocycles. The molecule has 0 fully saturated rings. The van der Waals surface area contributed by atoms with Crippen LogP contribution in [0.15, 0.2) is 59.1 Å². The van der Waals surface area contributed by atoms with E-state index in [9.17, 15) is 14.4 Å². The van der Waals surface area contributed by atoms with Crippen molar-refractivity contribution >= 4 is 17.4 Å². The molecule has 4 rings (SSSR count). The van der Waals surface area contributed by atoms with Gasteiger partial charge in [0.1, 0.15) is 18.2 Å². The van der Waals surface area contributed by atoms with Gasteiger partial charge in [-0.3, -0.25) is 4.79 Å². The first-order chi connectivity index (χ1) is 18.6. The van der Waals surface area contributed by atoms with Gasteiger partial charge < -0.3 is 24.8 Å². The molecule has 39 heavy (non-hydrogen) atoms. The van der Waals surface area contributed by atoms with Crippen LogP contribution in [0.1, 0.15) is 50.7 Å². The largest absolute Gasteiger partial charge is 0.490 e. The number of nitrogens with zero attached hydrogens (tertiary/aromatic N) is 2. The second-order valence-electron chi connectivity index (χ2n) is 10.5. The highest BCUT2D eigenvalue weighted by molar-refractivity contribution is 6.32. The molecule has 2 aromatic rings. The summed E-state index contributed by atoms with van der Waals surface area (Å²) >= 11 is 6.73. The normalized spacial score (nSPS) is 18.6. The summed E-state index contributed by atoms with van der Waals surface area (Å²) in [7, 11) is 1.60. The number of carbonyl (C=O) groups excluding carboxylic acids is 1. The van der Waals surface area contributed by atoms with Crippen LogP contribution in [0.4, 0.5) is 4.39 Å². The molecule has 0 radical (unpaired) electrons. The monoisotopic (exact) mass is 553 g/mol. The van der Waals surface area contributed by atoms with Gasteiger partial charge >= 0.3 is 0 Å². The van der Waals surface area contributed by atoms with E-state index < -0.39 is 5.92 Å². The fraction of sp³-hybridized carbons (Fsp3) is 0.400. The highest BCUT2D eigenvalue weighted by atomic mass is 35.5. The molecular formula is C30H33ClFN3O4.